The first-order valence-electron chi connectivity index (χ1n) is 11.9. The monoisotopic (exact) mass is 535 g/mol. The normalized spacial score (nSPS) is 22.0. The zero-order valence-corrected chi connectivity index (χ0v) is 19.9. The summed E-state index contributed by atoms with van der Waals surface area (Å²) in [7, 11) is 0. The maximum absolute atomic E-state index is 13.6. The van der Waals surface area contributed by atoms with Gasteiger partial charge in [0, 0.05) is 50.5 Å². The molecule has 3 aromatic heterocycles. The Balaban J connectivity index is 1.26. The maximum Gasteiger partial charge on any atom is 0.454 e. The highest BCUT2D eigenvalue weighted by molar-refractivity contribution is 5.71. The summed E-state index contributed by atoms with van der Waals surface area (Å²) in [4.78, 5) is 10.2. The molecular formula is C23H22F5N9O. The lowest BCUT2D eigenvalue weighted by Gasteiger charge is -2.49. The quantitative estimate of drug-likeness (QED) is 0.429. The summed E-state index contributed by atoms with van der Waals surface area (Å²) in [6.45, 7) is 0.124. The number of halogens is 5. The average Bonchev–Trinajstić information content (AvgIpc) is 3.55. The van der Waals surface area contributed by atoms with E-state index in [1.54, 1.807) is 29.2 Å². The summed E-state index contributed by atoms with van der Waals surface area (Å²) < 4.78 is 73.6. The van der Waals surface area contributed by atoms with E-state index < -0.39 is 24.2 Å². The fourth-order valence-corrected chi connectivity index (χ4v) is 5.06. The summed E-state index contributed by atoms with van der Waals surface area (Å²) in [5, 5.41) is 20.2. The Morgan fingerprint density at radius 3 is 2.66 bits per heavy atom. The van der Waals surface area contributed by atoms with Crippen LogP contribution in [-0.4, -0.2) is 97.8 Å². The number of rotatable bonds is 7. The SMILES string of the molecule is N#CCC1(n2cc(-c3nc(C4C=NN(C5COC5)C4)cc4nccn34)cn2)CN(CC(F)(F)C(F)(F)F)C1. The smallest absolute Gasteiger partial charge is 0.377 e. The Morgan fingerprint density at radius 1 is 1.18 bits per heavy atom. The van der Waals surface area contributed by atoms with E-state index in [4.69, 9.17) is 9.72 Å². The predicted molar refractivity (Wildman–Crippen MR) is 122 cm³/mol. The van der Waals surface area contributed by atoms with Gasteiger partial charge in [-0.15, -0.1) is 0 Å². The Hall–Kier alpha value is -3.64. The van der Waals surface area contributed by atoms with Crippen LogP contribution in [0.4, 0.5) is 22.0 Å². The summed E-state index contributed by atoms with van der Waals surface area (Å²) in [5.74, 6) is -4.37. The molecule has 3 aliphatic rings. The largest absolute Gasteiger partial charge is 0.454 e. The van der Waals surface area contributed by atoms with Crippen LogP contribution in [0.1, 0.15) is 18.0 Å². The van der Waals surface area contributed by atoms with Gasteiger partial charge in [-0.2, -0.15) is 37.4 Å². The predicted octanol–water partition coefficient (Wildman–Crippen LogP) is 2.50. The van der Waals surface area contributed by atoms with E-state index in [1.807, 2.05) is 23.4 Å². The lowest BCUT2D eigenvalue weighted by atomic mass is 9.86. The van der Waals surface area contributed by atoms with Crippen molar-refractivity contribution in [2.75, 3.05) is 39.4 Å². The highest BCUT2D eigenvalue weighted by Crippen LogP contribution is 2.40. The van der Waals surface area contributed by atoms with Crippen molar-refractivity contribution in [3.8, 4) is 17.5 Å². The first kappa shape index (κ1) is 24.7. The third kappa shape index (κ3) is 4.08. The summed E-state index contributed by atoms with van der Waals surface area (Å²) in [6, 6.07) is 4.14. The van der Waals surface area contributed by atoms with Gasteiger partial charge in [-0.05, 0) is 0 Å². The van der Waals surface area contributed by atoms with Gasteiger partial charge in [0.25, 0.3) is 0 Å². The van der Waals surface area contributed by atoms with E-state index in [9.17, 15) is 27.2 Å². The van der Waals surface area contributed by atoms with Crippen LogP contribution in [0, 0.1) is 11.3 Å². The Kier molecular flexibility index (Phi) is 5.65. The molecule has 0 amide bonds. The molecule has 1 unspecified atom stereocenters. The fraction of sp³-hybridized carbons (Fsp3) is 0.522. The van der Waals surface area contributed by atoms with Crippen LogP contribution in [0.5, 0.6) is 0 Å². The number of ether oxygens (including phenoxy) is 1. The Morgan fingerprint density at radius 2 is 1.97 bits per heavy atom. The van der Waals surface area contributed by atoms with Crippen molar-refractivity contribution in [3.63, 3.8) is 0 Å². The van der Waals surface area contributed by atoms with Crippen LogP contribution in [0.3, 0.4) is 0 Å². The van der Waals surface area contributed by atoms with Gasteiger partial charge in [0.05, 0.1) is 61.7 Å². The molecule has 0 aliphatic carbocycles. The van der Waals surface area contributed by atoms with Gasteiger partial charge in [0.1, 0.15) is 17.0 Å². The third-order valence-electron chi connectivity index (χ3n) is 7.22. The van der Waals surface area contributed by atoms with E-state index in [0.717, 1.165) is 10.6 Å². The number of hydrazone groups is 1. The van der Waals surface area contributed by atoms with Crippen LogP contribution >= 0.6 is 0 Å². The number of hydrogen-bond acceptors (Lipinski definition) is 8. The number of nitriles is 1. The maximum atomic E-state index is 13.6. The van der Waals surface area contributed by atoms with E-state index in [0.29, 0.717) is 36.8 Å². The first-order valence-corrected chi connectivity index (χ1v) is 11.9. The van der Waals surface area contributed by atoms with Crippen molar-refractivity contribution in [2.24, 2.45) is 5.10 Å². The van der Waals surface area contributed by atoms with Gasteiger partial charge in [-0.25, -0.2) is 9.97 Å². The molecule has 0 spiro atoms. The second kappa shape index (κ2) is 8.70. The average molecular weight is 535 g/mol. The van der Waals surface area contributed by atoms with Crippen LogP contribution in [0.15, 0.2) is 36.0 Å². The van der Waals surface area contributed by atoms with Gasteiger partial charge < -0.3 is 4.74 Å². The van der Waals surface area contributed by atoms with E-state index in [-0.39, 0.29) is 31.5 Å². The zero-order chi connectivity index (χ0) is 26.7. The minimum Gasteiger partial charge on any atom is -0.377 e. The number of imidazole rings is 1. The first-order chi connectivity index (χ1) is 18.1. The molecule has 3 aromatic rings. The minimum atomic E-state index is -5.64. The van der Waals surface area contributed by atoms with Crippen molar-refractivity contribution >= 4 is 11.9 Å². The molecule has 6 heterocycles. The molecule has 6 rings (SSSR count). The summed E-state index contributed by atoms with van der Waals surface area (Å²) in [6.07, 6.45) is 2.66. The Bertz CT molecular complexity index is 1410. The van der Waals surface area contributed by atoms with E-state index in [1.165, 1.54) is 4.68 Å². The molecule has 0 bridgehead atoms. The van der Waals surface area contributed by atoms with Crippen molar-refractivity contribution in [3.05, 3.63) is 36.5 Å². The molecule has 0 N–H and O–H groups in total. The molecule has 3 aliphatic heterocycles. The highest BCUT2D eigenvalue weighted by atomic mass is 19.4. The molecule has 2 saturated heterocycles. The highest BCUT2D eigenvalue weighted by Gasteiger charge is 2.60. The second-order valence-corrected chi connectivity index (χ2v) is 9.92. The van der Waals surface area contributed by atoms with E-state index in [2.05, 4.69) is 15.2 Å². The summed E-state index contributed by atoms with van der Waals surface area (Å²) >= 11 is 0. The Labute approximate surface area is 212 Å². The van der Waals surface area contributed by atoms with Crippen molar-refractivity contribution < 1.29 is 26.7 Å². The number of nitrogens with zero attached hydrogens (tertiary/aromatic N) is 9. The molecule has 2 fully saturated rings. The summed E-state index contributed by atoms with van der Waals surface area (Å²) in [5.41, 5.74) is 0.982. The number of hydrogen-bond donors (Lipinski definition) is 0. The fourth-order valence-electron chi connectivity index (χ4n) is 5.06. The van der Waals surface area contributed by atoms with Crippen LogP contribution in [-0.2, 0) is 10.3 Å². The molecule has 15 heteroatoms. The van der Waals surface area contributed by atoms with Gasteiger partial charge in [-0.3, -0.25) is 19.0 Å². The standard InChI is InChI=1S/C23H22F5N9O/c24-22(25,23(26,27)28)14-34-12-21(13-34,1-2-29)37-9-16(7-32-37)20-33-18(5-19-30-3-4-35(19)20)15-6-31-36(8-15)17-10-38-11-17/h3-7,9,15,17H,1,8,10-14H2. The second-order valence-electron chi connectivity index (χ2n) is 9.92. The van der Waals surface area contributed by atoms with Gasteiger partial charge in [0.15, 0.2) is 0 Å². The third-order valence-corrected chi connectivity index (χ3v) is 7.22. The van der Waals surface area contributed by atoms with Crippen LogP contribution in [0.2, 0.25) is 0 Å². The number of fused-ring (bicyclic) bond motifs is 1. The molecular weight excluding hydrogens is 513 g/mol. The topological polar surface area (TPSA) is 99.9 Å². The zero-order valence-electron chi connectivity index (χ0n) is 19.9. The van der Waals surface area contributed by atoms with Gasteiger partial charge >= 0.3 is 12.1 Å². The van der Waals surface area contributed by atoms with Crippen molar-refractivity contribution in [1.82, 2.24) is 34.1 Å². The number of aromatic nitrogens is 5. The number of likely N-dealkylation sites (tertiary alicyclic amines) is 1. The molecule has 200 valence electrons. The molecule has 0 saturated carbocycles. The lowest BCUT2D eigenvalue weighted by molar-refractivity contribution is -0.291. The van der Waals surface area contributed by atoms with Crippen molar-refractivity contribution in [2.45, 2.75) is 36.0 Å². The molecule has 10 nitrogen and oxygen atoms in total. The van der Waals surface area contributed by atoms with Crippen molar-refractivity contribution in [1.29, 1.82) is 5.26 Å². The molecule has 1 atom stereocenters. The van der Waals surface area contributed by atoms with Gasteiger partial charge in [0.2, 0.25) is 0 Å². The van der Waals surface area contributed by atoms with Crippen LogP contribution in [0.25, 0.3) is 17.0 Å². The molecule has 38 heavy (non-hydrogen) atoms. The number of alkyl halides is 5. The lowest BCUT2D eigenvalue weighted by Crippen LogP contribution is -2.65. The molecule has 0 aromatic carbocycles. The van der Waals surface area contributed by atoms with E-state index >= 15 is 0 Å². The molecule has 0 radical (unpaired) electrons. The van der Waals surface area contributed by atoms with Crippen LogP contribution < -0.4 is 0 Å². The minimum absolute atomic E-state index is 0.0634. The van der Waals surface area contributed by atoms with Gasteiger partial charge in [-0.1, -0.05) is 0 Å².